The van der Waals surface area contributed by atoms with Crippen LogP contribution in [0.5, 0.6) is 0 Å². The fraction of sp³-hybridized carbons (Fsp3) is 1.00. The second-order valence-corrected chi connectivity index (χ2v) is 2.50. The summed E-state index contributed by atoms with van der Waals surface area (Å²) in [4.78, 5) is 0. The van der Waals surface area contributed by atoms with Crippen LogP contribution >= 0.6 is 0 Å². The molecular weight excluding hydrogens is 152 g/mol. The van der Waals surface area contributed by atoms with Gasteiger partial charge < -0.3 is 24.8 Å². The van der Waals surface area contributed by atoms with Crippen molar-refractivity contribution in [2.24, 2.45) is 0 Å². The summed E-state index contributed by atoms with van der Waals surface area (Å²) < 4.78 is 9.44. The van der Waals surface area contributed by atoms with Crippen LogP contribution < -0.4 is 0 Å². The second kappa shape index (κ2) is 3.46. The van der Waals surface area contributed by atoms with E-state index in [1.165, 1.54) is 7.11 Å². The first-order valence-corrected chi connectivity index (χ1v) is 3.35. The molecule has 1 aliphatic heterocycles. The van der Waals surface area contributed by atoms with Gasteiger partial charge in [0.05, 0.1) is 6.61 Å². The van der Waals surface area contributed by atoms with E-state index in [1.807, 2.05) is 0 Å². The lowest BCUT2D eigenvalue weighted by molar-refractivity contribution is -0.134. The molecule has 3 N–H and O–H groups in total. The van der Waals surface area contributed by atoms with Crippen LogP contribution in [-0.2, 0) is 9.47 Å². The summed E-state index contributed by atoms with van der Waals surface area (Å²) >= 11 is 0. The first kappa shape index (κ1) is 8.89. The van der Waals surface area contributed by atoms with E-state index in [1.54, 1.807) is 0 Å². The standard InChI is InChI=1S/C6H12O5/c1-10-2-3-4(7)5(8)6(9)11-3/h3-9H,2H2,1H3/t3?,4-,5-,6+/m0/s1. The van der Waals surface area contributed by atoms with Crippen molar-refractivity contribution in [2.45, 2.75) is 24.6 Å². The van der Waals surface area contributed by atoms with Crippen molar-refractivity contribution in [1.82, 2.24) is 0 Å². The predicted molar refractivity (Wildman–Crippen MR) is 34.8 cm³/mol. The maximum absolute atomic E-state index is 9.14. The van der Waals surface area contributed by atoms with E-state index >= 15 is 0 Å². The molecule has 5 nitrogen and oxygen atoms in total. The minimum absolute atomic E-state index is 0.162. The number of hydrogen-bond acceptors (Lipinski definition) is 5. The van der Waals surface area contributed by atoms with Crippen LogP contribution in [0, 0.1) is 0 Å². The number of rotatable bonds is 2. The predicted octanol–water partition coefficient (Wildman–Crippen LogP) is -1.93. The largest absolute Gasteiger partial charge is 0.387 e. The van der Waals surface area contributed by atoms with Crippen LogP contribution in [0.2, 0.25) is 0 Å². The first-order valence-electron chi connectivity index (χ1n) is 3.35. The van der Waals surface area contributed by atoms with E-state index < -0.39 is 24.6 Å². The number of aliphatic hydroxyl groups is 3. The summed E-state index contributed by atoms with van der Waals surface area (Å²) in [6, 6.07) is 0. The molecule has 11 heavy (non-hydrogen) atoms. The van der Waals surface area contributed by atoms with Gasteiger partial charge in [0.1, 0.15) is 18.3 Å². The van der Waals surface area contributed by atoms with Crippen molar-refractivity contribution in [3.8, 4) is 0 Å². The molecule has 1 unspecified atom stereocenters. The van der Waals surface area contributed by atoms with Gasteiger partial charge in [0, 0.05) is 7.11 Å². The molecule has 5 heteroatoms. The van der Waals surface area contributed by atoms with Gasteiger partial charge in [-0.1, -0.05) is 0 Å². The zero-order chi connectivity index (χ0) is 8.43. The Balaban J connectivity index is 2.45. The molecule has 1 fully saturated rings. The zero-order valence-corrected chi connectivity index (χ0v) is 6.17. The maximum Gasteiger partial charge on any atom is 0.184 e. The van der Waals surface area contributed by atoms with Gasteiger partial charge in [0.15, 0.2) is 6.29 Å². The molecule has 1 rings (SSSR count). The maximum atomic E-state index is 9.14. The summed E-state index contributed by atoms with van der Waals surface area (Å²) in [7, 11) is 1.45. The second-order valence-electron chi connectivity index (χ2n) is 2.50. The Morgan fingerprint density at radius 3 is 2.27 bits per heavy atom. The number of methoxy groups -OCH3 is 1. The molecule has 1 saturated heterocycles. The Morgan fingerprint density at radius 2 is 1.91 bits per heavy atom. The Labute approximate surface area is 64.2 Å². The topological polar surface area (TPSA) is 79.2 Å². The summed E-state index contributed by atoms with van der Waals surface area (Å²) in [6.07, 6.45) is -4.23. The number of hydrogen-bond donors (Lipinski definition) is 3. The summed E-state index contributed by atoms with van der Waals surface area (Å²) in [5, 5.41) is 27.0. The van der Waals surface area contributed by atoms with Gasteiger partial charge in [0.25, 0.3) is 0 Å². The quantitative estimate of drug-likeness (QED) is 0.443. The Morgan fingerprint density at radius 1 is 1.27 bits per heavy atom. The van der Waals surface area contributed by atoms with Crippen LogP contribution in [-0.4, -0.2) is 53.6 Å². The SMILES string of the molecule is COCC1O[C@@H](O)[C@@H](O)[C@H]1O. The Kier molecular flexibility index (Phi) is 2.80. The van der Waals surface area contributed by atoms with Crippen LogP contribution in [0.25, 0.3) is 0 Å². The van der Waals surface area contributed by atoms with E-state index in [4.69, 9.17) is 20.1 Å². The highest BCUT2D eigenvalue weighted by atomic mass is 16.7. The van der Waals surface area contributed by atoms with Gasteiger partial charge in [-0.3, -0.25) is 0 Å². The fourth-order valence-electron chi connectivity index (χ4n) is 1.03. The number of ether oxygens (including phenoxy) is 2. The van der Waals surface area contributed by atoms with Crippen LogP contribution in [0.1, 0.15) is 0 Å². The molecular formula is C6H12O5. The van der Waals surface area contributed by atoms with E-state index in [0.717, 1.165) is 0 Å². The highest BCUT2D eigenvalue weighted by molar-refractivity contribution is 4.85. The van der Waals surface area contributed by atoms with Crippen molar-refractivity contribution < 1.29 is 24.8 Å². The molecule has 66 valence electrons. The highest BCUT2D eigenvalue weighted by Crippen LogP contribution is 2.19. The average molecular weight is 164 g/mol. The van der Waals surface area contributed by atoms with Gasteiger partial charge >= 0.3 is 0 Å². The van der Waals surface area contributed by atoms with Crippen molar-refractivity contribution in [3.05, 3.63) is 0 Å². The molecule has 0 aromatic carbocycles. The zero-order valence-electron chi connectivity index (χ0n) is 6.17. The highest BCUT2D eigenvalue weighted by Gasteiger charge is 2.41. The van der Waals surface area contributed by atoms with Crippen molar-refractivity contribution >= 4 is 0 Å². The van der Waals surface area contributed by atoms with Gasteiger partial charge in [-0.15, -0.1) is 0 Å². The molecule has 0 bridgehead atoms. The molecule has 4 atom stereocenters. The van der Waals surface area contributed by atoms with Crippen LogP contribution in [0.15, 0.2) is 0 Å². The van der Waals surface area contributed by atoms with Gasteiger partial charge in [-0.05, 0) is 0 Å². The van der Waals surface area contributed by atoms with Gasteiger partial charge in [-0.2, -0.15) is 0 Å². The van der Waals surface area contributed by atoms with Crippen molar-refractivity contribution in [3.63, 3.8) is 0 Å². The molecule has 1 aliphatic rings. The van der Waals surface area contributed by atoms with E-state index in [2.05, 4.69) is 4.74 Å². The normalized spacial score (nSPS) is 44.7. The lowest BCUT2D eigenvalue weighted by Gasteiger charge is -2.11. The molecule has 0 saturated carbocycles. The minimum Gasteiger partial charge on any atom is -0.387 e. The molecule has 0 aliphatic carbocycles. The van der Waals surface area contributed by atoms with Crippen LogP contribution in [0.3, 0.4) is 0 Å². The third-order valence-corrected chi connectivity index (χ3v) is 1.67. The monoisotopic (exact) mass is 164 g/mol. The van der Waals surface area contributed by atoms with E-state index in [9.17, 15) is 0 Å². The summed E-state index contributed by atoms with van der Waals surface area (Å²) in [5.74, 6) is 0. The van der Waals surface area contributed by atoms with Crippen molar-refractivity contribution in [1.29, 1.82) is 0 Å². The average Bonchev–Trinajstić information content (AvgIpc) is 2.19. The lowest BCUT2D eigenvalue weighted by Crippen LogP contribution is -2.34. The summed E-state index contributed by atoms with van der Waals surface area (Å²) in [5.41, 5.74) is 0. The Bertz CT molecular complexity index is 128. The van der Waals surface area contributed by atoms with Gasteiger partial charge in [0.2, 0.25) is 0 Å². The summed E-state index contributed by atoms with van der Waals surface area (Å²) in [6.45, 7) is 0.162. The molecule has 1 heterocycles. The molecule has 0 aromatic rings. The first-order chi connectivity index (χ1) is 5.16. The molecule has 0 amide bonds. The number of aliphatic hydroxyl groups excluding tert-OH is 3. The third kappa shape index (κ3) is 1.69. The smallest absolute Gasteiger partial charge is 0.184 e. The molecule has 0 spiro atoms. The molecule has 0 radical (unpaired) electrons. The minimum atomic E-state index is -1.30. The van der Waals surface area contributed by atoms with Crippen molar-refractivity contribution in [2.75, 3.05) is 13.7 Å². The molecule has 0 aromatic heterocycles. The van der Waals surface area contributed by atoms with E-state index in [0.29, 0.717) is 0 Å². The van der Waals surface area contributed by atoms with Crippen LogP contribution in [0.4, 0.5) is 0 Å². The van der Waals surface area contributed by atoms with E-state index in [-0.39, 0.29) is 6.61 Å². The fourth-order valence-corrected chi connectivity index (χ4v) is 1.03. The Hall–Kier alpha value is -0.200. The third-order valence-electron chi connectivity index (χ3n) is 1.67. The lowest BCUT2D eigenvalue weighted by atomic mass is 10.1. The van der Waals surface area contributed by atoms with Gasteiger partial charge in [-0.25, -0.2) is 0 Å².